The summed E-state index contributed by atoms with van der Waals surface area (Å²) in [4.78, 5) is 29.4. The second-order valence-electron chi connectivity index (χ2n) is 7.42. The number of rotatable bonds is 2. The zero-order valence-electron chi connectivity index (χ0n) is 15.9. The minimum absolute atomic E-state index is 0.00866. The van der Waals surface area contributed by atoms with E-state index in [1.165, 1.54) is 6.42 Å². The monoisotopic (exact) mass is 367 g/mol. The Morgan fingerprint density at radius 1 is 0.889 bits per heavy atom. The summed E-state index contributed by atoms with van der Waals surface area (Å²) in [5, 5.41) is 8.37. The first-order valence-corrected chi connectivity index (χ1v) is 9.63. The van der Waals surface area contributed by atoms with Crippen molar-refractivity contribution in [1.29, 1.82) is 0 Å². The Bertz CT molecular complexity index is 882. The summed E-state index contributed by atoms with van der Waals surface area (Å²) in [5.74, 6) is 1.06. The van der Waals surface area contributed by atoms with Gasteiger partial charge < -0.3 is 14.4 Å². The molecular weight excluding hydrogens is 342 g/mol. The van der Waals surface area contributed by atoms with Crippen LogP contribution in [0.1, 0.15) is 57.2 Å². The van der Waals surface area contributed by atoms with Crippen LogP contribution in [0.4, 0.5) is 0 Å². The lowest BCUT2D eigenvalue weighted by Crippen LogP contribution is -2.41. The zero-order chi connectivity index (χ0) is 19.0. The third kappa shape index (κ3) is 3.22. The number of nitrogens with zero attached hydrogens (tertiary/aromatic N) is 5. The summed E-state index contributed by atoms with van der Waals surface area (Å²) < 4.78 is 1.88. The number of piperidine rings is 1. The fraction of sp³-hybridized carbons (Fsp3) is 0.500. The van der Waals surface area contributed by atoms with Crippen LogP contribution in [0.15, 0.2) is 18.2 Å². The molecule has 1 fully saturated rings. The van der Waals surface area contributed by atoms with Gasteiger partial charge in [0.05, 0.1) is 6.54 Å². The minimum atomic E-state index is -0.0391. The highest BCUT2D eigenvalue weighted by atomic mass is 16.2. The molecule has 3 heterocycles. The normalized spacial score (nSPS) is 17.0. The molecule has 1 aromatic heterocycles. The van der Waals surface area contributed by atoms with Crippen molar-refractivity contribution in [3.05, 3.63) is 46.5 Å². The van der Waals surface area contributed by atoms with Crippen molar-refractivity contribution in [3.8, 4) is 0 Å². The Kier molecular flexibility index (Phi) is 4.68. The highest BCUT2D eigenvalue weighted by Crippen LogP contribution is 2.20. The van der Waals surface area contributed by atoms with E-state index in [9.17, 15) is 9.59 Å². The van der Waals surface area contributed by atoms with Gasteiger partial charge in [0.25, 0.3) is 11.8 Å². The van der Waals surface area contributed by atoms with Gasteiger partial charge in [-0.1, -0.05) is 12.1 Å². The molecule has 4 rings (SSSR count). The van der Waals surface area contributed by atoms with Crippen molar-refractivity contribution in [3.63, 3.8) is 0 Å². The molecule has 2 aliphatic rings. The Morgan fingerprint density at radius 3 is 2.44 bits per heavy atom. The minimum Gasteiger partial charge on any atom is -0.336 e. The van der Waals surface area contributed by atoms with E-state index in [0.29, 0.717) is 31.3 Å². The predicted molar refractivity (Wildman–Crippen MR) is 100 cm³/mol. The molecule has 1 saturated heterocycles. The number of amides is 2. The second kappa shape index (κ2) is 7.13. The SMILES string of the molecule is Cc1cccc(C(=O)N2CCn3c(nnc3C(=O)N3CCCCC3)C2)c1C. The van der Waals surface area contributed by atoms with E-state index < -0.39 is 0 Å². The number of aryl methyl sites for hydroxylation is 1. The van der Waals surface area contributed by atoms with Crippen molar-refractivity contribution in [2.45, 2.75) is 46.2 Å². The smallest absolute Gasteiger partial charge is 0.291 e. The van der Waals surface area contributed by atoms with Gasteiger partial charge in [-0.05, 0) is 50.3 Å². The lowest BCUT2D eigenvalue weighted by atomic mass is 10.0. The van der Waals surface area contributed by atoms with E-state index >= 15 is 0 Å². The van der Waals surface area contributed by atoms with E-state index in [1.807, 2.05) is 41.5 Å². The number of hydrogen-bond acceptors (Lipinski definition) is 4. The summed E-state index contributed by atoms with van der Waals surface area (Å²) in [7, 11) is 0. The highest BCUT2D eigenvalue weighted by molar-refractivity contribution is 5.96. The molecule has 2 aromatic rings. The molecule has 7 nitrogen and oxygen atoms in total. The van der Waals surface area contributed by atoms with Gasteiger partial charge in [0.2, 0.25) is 5.82 Å². The van der Waals surface area contributed by atoms with Crippen LogP contribution in [0.2, 0.25) is 0 Å². The second-order valence-corrected chi connectivity index (χ2v) is 7.42. The van der Waals surface area contributed by atoms with Crippen LogP contribution in [0.5, 0.6) is 0 Å². The van der Waals surface area contributed by atoms with Crippen LogP contribution < -0.4 is 0 Å². The number of fused-ring (bicyclic) bond motifs is 1. The molecule has 1 aromatic carbocycles. The topological polar surface area (TPSA) is 71.3 Å². The number of benzene rings is 1. The van der Waals surface area contributed by atoms with Gasteiger partial charge in [0.15, 0.2) is 5.82 Å². The third-order valence-corrected chi connectivity index (χ3v) is 5.71. The molecule has 2 amide bonds. The van der Waals surface area contributed by atoms with E-state index in [0.717, 1.165) is 42.6 Å². The first-order chi connectivity index (χ1) is 13.1. The molecule has 0 bridgehead atoms. The first-order valence-electron chi connectivity index (χ1n) is 9.63. The molecule has 27 heavy (non-hydrogen) atoms. The Balaban J connectivity index is 1.53. The lowest BCUT2D eigenvalue weighted by Gasteiger charge is -2.30. The van der Waals surface area contributed by atoms with Crippen molar-refractivity contribution in [1.82, 2.24) is 24.6 Å². The van der Waals surface area contributed by atoms with Crippen molar-refractivity contribution in [2.75, 3.05) is 19.6 Å². The number of aromatic nitrogens is 3. The van der Waals surface area contributed by atoms with Crippen molar-refractivity contribution >= 4 is 11.8 Å². The maximum atomic E-state index is 13.0. The summed E-state index contributed by atoms with van der Waals surface area (Å²) in [6.07, 6.45) is 3.27. The first kappa shape index (κ1) is 17.7. The maximum absolute atomic E-state index is 13.0. The summed E-state index contributed by atoms with van der Waals surface area (Å²) in [6.45, 7) is 7.05. The fourth-order valence-corrected chi connectivity index (χ4v) is 3.88. The molecule has 0 radical (unpaired) electrons. The number of hydrogen-bond donors (Lipinski definition) is 0. The van der Waals surface area contributed by atoms with Gasteiger partial charge in [0, 0.05) is 31.7 Å². The molecule has 7 heteroatoms. The Morgan fingerprint density at radius 2 is 1.67 bits per heavy atom. The molecule has 0 saturated carbocycles. The number of carbonyl (C=O) groups excluding carboxylic acids is 2. The molecular formula is C20H25N5O2. The Hall–Kier alpha value is -2.70. The zero-order valence-corrected chi connectivity index (χ0v) is 15.9. The third-order valence-electron chi connectivity index (χ3n) is 5.71. The Labute approximate surface area is 159 Å². The summed E-state index contributed by atoms with van der Waals surface area (Å²) >= 11 is 0. The van der Waals surface area contributed by atoms with Crippen LogP contribution in [0, 0.1) is 13.8 Å². The molecule has 0 N–H and O–H groups in total. The molecule has 0 atom stereocenters. The van der Waals surface area contributed by atoms with Crippen LogP contribution >= 0.6 is 0 Å². The quantitative estimate of drug-likeness (QED) is 0.816. The maximum Gasteiger partial charge on any atom is 0.291 e. The molecule has 0 spiro atoms. The highest BCUT2D eigenvalue weighted by Gasteiger charge is 2.30. The van der Waals surface area contributed by atoms with Crippen LogP contribution in [0.25, 0.3) is 0 Å². The van der Waals surface area contributed by atoms with Gasteiger partial charge in [0.1, 0.15) is 0 Å². The van der Waals surface area contributed by atoms with E-state index in [1.54, 1.807) is 4.90 Å². The summed E-state index contributed by atoms with van der Waals surface area (Å²) in [6, 6.07) is 5.80. The van der Waals surface area contributed by atoms with Crippen molar-refractivity contribution < 1.29 is 9.59 Å². The molecule has 2 aliphatic heterocycles. The van der Waals surface area contributed by atoms with Gasteiger partial charge in [-0.15, -0.1) is 10.2 Å². The summed E-state index contributed by atoms with van der Waals surface area (Å²) in [5.41, 5.74) is 2.85. The van der Waals surface area contributed by atoms with Gasteiger partial charge in [-0.2, -0.15) is 0 Å². The predicted octanol–water partition coefficient (Wildman–Crippen LogP) is 2.18. The average molecular weight is 367 g/mol. The van der Waals surface area contributed by atoms with Gasteiger partial charge in [-0.3, -0.25) is 9.59 Å². The van der Waals surface area contributed by atoms with Gasteiger partial charge in [-0.25, -0.2) is 0 Å². The number of carbonyl (C=O) groups is 2. The molecule has 142 valence electrons. The van der Waals surface area contributed by atoms with Crippen LogP contribution in [-0.4, -0.2) is 56.0 Å². The van der Waals surface area contributed by atoms with E-state index in [4.69, 9.17) is 0 Å². The average Bonchev–Trinajstić information content (AvgIpc) is 3.13. The van der Waals surface area contributed by atoms with E-state index in [-0.39, 0.29) is 11.8 Å². The van der Waals surface area contributed by atoms with Crippen LogP contribution in [-0.2, 0) is 13.1 Å². The van der Waals surface area contributed by atoms with Gasteiger partial charge >= 0.3 is 0 Å². The van der Waals surface area contributed by atoms with E-state index in [2.05, 4.69) is 10.2 Å². The lowest BCUT2D eigenvalue weighted by molar-refractivity contribution is 0.0684. The van der Waals surface area contributed by atoms with Crippen molar-refractivity contribution in [2.24, 2.45) is 0 Å². The molecule has 0 aliphatic carbocycles. The fourth-order valence-electron chi connectivity index (χ4n) is 3.88. The largest absolute Gasteiger partial charge is 0.336 e. The standard InChI is InChI=1S/C20H25N5O2/c1-14-7-6-8-16(15(14)2)19(26)24-11-12-25-17(13-24)21-22-18(25)20(27)23-9-4-3-5-10-23/h6-8H,3-5,9-13H2,1-2H3. The van der Waals surface area contributed by atoms with Crippen LogP contribution in [0.3, 0.4) is 0 Å². The number of likely N-dealkylation sites (tertiary alicyclic amines) is 1. The molecule has 0 unspecified atom stereocenters.